The molecule has 1 aromatic heterocycles. The van der Waals surface area contributed by atoms with Gasteiger partial charge in [-0.3, -0.25) is 4.90 Å². The Labute approximate surface area is 248 Å². The van der Waals surface area contributed by atoms with E-state index in [1.54, 1.807) is 0 Å². The van der Waals surface area contributed by atoms with Gasteiger partial charge in [0.1, 0.15) is 0 Å². The molecular formula is C38H37N3O. The van der Waals surface area contributed by atoms with E-state index in [4.69, 9.17) is 0 Å². The SMILES string of the molecule is Cc1ccc(N2CCN(C[C@H](O)Cn3c(-c4ccccc4)c(-c4ccccc4)c4ccc5ccccc5c43)CC2)cc1. The number of anilines is 1. The molecule has 1 atom stereocenters. The normalized spacial score (nSPS) is 15.0. The van der Waals surface area contributed by atoms with E-state index in [-0.39, 0.29) is 0 Å². The topological polar surface area (TPSA) is 31.6 Å². The first kappa shape index (κ1) is 26.5. The second-order valence-electron chi connectivity index (χ2n) is 11.5. The van der Waals surface area contributed by atoms with Crippen molar-refractivity contribution in [2.24, 2.45) is 0 Å². The second kappa shape index (κ2) is 11.5. The molecule has 0 bridgehead atoms. The zero-order chi connectivity index (χ0) is 28.5. The smallest absolute Gasteiger partial charge is 0.0846 e. The first-order chi connectivity index (χ1) is 20.7. The fourth-order valence-electron chi connectivity index (χ4n) is 6.61. The summed E-state index contributed by atoms with van der Waals surface area (Å²) in [6, 6.07) is 43.3. The lowest BCUT2D eigenvalue weighted by molar-refractivity contribution is 0.0964. The lowest BCUT2D eigenvalue weighted by atomic mass is 9.97. The Morgan fingerprint density at radius 3 is 1.98 bits per heavy atom. The lowest BCUT2D eigenvalue weighted by Crippen LogP contribution is -2.49. The van der Waals surface area contributed by atoms with Gasteiger partial charge in [0.05, 0.1) is 23.9 Å². The third-order valence-electron chi connectivity index (χ3n) is 8.69. The zero-order valence-corrected chi connectivity index (χ0v) is 24.2. The molecule has 1 saturated heterocycles. The molecule has 2 heterocycles. The van der Waals surface area contributed by atoms with E-state index in [0.717, 1.165) is 37.4 Å². The summed E-state index contributed by atoms with van der Waals surface area (Å²) in [6.07, 6.45) is -0.503. The predicted octanol–water partition coefficient (Wildman–Crippen LogP) is 7.62. The van der Waals surface area contributed by atoms with Crippen LogP contribution in [-0.2, 0) is 6.54 Å². The highest BCUT2D eigenvalue weighted by molar-refractivity contribution is 6.15. The Kier molecular flexibility index (Phi) is 7.25. The van der Waals surface area contributed by atoms with Crippen LogP contribution >= 0.6 is 0 Å². The Bertz CT molecular complexity index is 1800. The fraction of sp³-hybridized carbons (Fsp3) is 0.211. The van der Waals surface area contributed by atoms with Crippen molar-refractivity contribution in [1.29, 1.82) is 0 Å². The molecule has 0 amide bonds. The number of benzene rings is 5. The van der Waals surface area contributed by atoms with Gasteiger partial charge >= 0.3 is 0 Å². The standard InChI is InChI=1S/C38H37N3O/c1-28-16-19-32(20-17-28)40-24-22-39(23-25-40)26-33(42)27-41-37(31-13-6-3-7-14-31)36(30-11-4-2-5-12-30)35-21-18-29-10-8-9-15-34(29)38(35)41/h2-21,33,42H,22-27H2,1H3/t33-/m0/s1. The highest BCUT2D eigenvalue weighted by atomic mass is 16.3. The molecule has 0 unspecified atom stereocenters. The number of rotatable bonds is 7. The molecule has 1 aliphatic heterocycles. The van der Waals surface area contributed by atoms with Crippen molar-refractivity contribution in [2.75, 3.05) is 37.6 Å². The van der Waals surface area contributed by atoms with Gasteiger partial charge in [-0.05, 0) is 35.6 Å². The molecule has 4 heteroatoms. The minimum atomic E-state index is -0.503. The van der Waals surface area contributed by atoms with Gasteiger partial charge < -0.3 is 14.6 Å². The van der Waals surface area contributed by atoms with E-state index in [2.05, 4.69) is 143 Å². The van der Waals surface area contributed by atoms with E-state index in [0.29, 0.717) is 13.1 Å². The first-order valence-corrected chi connectivity index (χ1v) is 15.0. The zero-order valence-electron chi connectivity index (χ0n) is 24.2. The lowest BCUT2D eigenvalue weighted by Gasteiger charge is -2.37. The number of aryl methyl sites for hydroxylation is 1. The maximum Gasteiger partial charge on any atom is 0.0846 e. The molecule has 210 valence electrons. The molecule has 7 rings (SSSR count). The van der Waals surface area contributed by atoms with Crippen molar-refractivity contribution in [3.05, 3.63) is 127 Å². The van der Waals surface area contributed by atoms with Crippen LogP contribution in [0.3, 0.4) is 0 Å². The van der Waals surface area contributed by atoms with Crippen molar-refractivity contribution < 1.29 is 5.11 Å². The van der Waals surface area contributed by atoms with Crippen LogP contribution in [0.15, 0.2) is 121 Å². The third kappa shape index (κ3) is 5.09. The summed E-state index contributed by atoms with van der Waals surface area (Å²) in [6.45, 7) is 7.15. The van der Waals surface area contributed by atoms with Gasteiger partial charge in [0.15, 0.2) is 0 Å². The second-order valence-corrected chi connectivity index (χ2v) is 11.5. The molecule has 4 nitrogen and oxygen atoms in total. The molecule has 0 radical (unpaired) electrons. The minimum absolute atomic E-state index is 0.503. The van der Waals surface area contributed by atoms with Crippen molar-refractivity contribution >= 4 is 27.4 Å². The van der Waals surface area contributed by atoms with Gasteiger partial charge in [-0.2, -0.15) is 0 Å². The van der Waals surface area contributed by atoms with Crippen LogP contribution in [0.4, 0.5) is 5.69 Å². The van der Waals surface area contributed by atoms with E-state index in [1.165, 1.54) is 44.1 Å². The monoisotopic (exact) mass is 551 g/mol. The van der Waals surface area contributed by atoms with Crippen molar-refractivity contribution in [2.45, 2.75) is 19.6 Å². The summed E-state index contributed by atoms with van der Waals surface area (Å²) in [4.78, 5) is 4.87. The van der Waals surface area contributed by atoms with E-state index >= 15 is 0 Å². The summed E-state index contributed by atoms with van der Waals surface area (Å²) in [5.41, 5.74) is 8.50. The summed E-state index contributed by atoms with van der Waals surface area (Å²) in [5.74, 6) is 0. The molecule has 0 saturated carbocycles. The minimum Gasteiger partial charge on any atom is -0.390 e. The fourth-order valence-corrected chi connectivity index (χ4v) is 6.61. The number of hydrogen-bond donors (Lipinski definition) is 1. The molecule has 1 fully saturated rings. The van der Waals surface area contributed by atoms with Crippen LogP contribution in [0.5, 0.6) is 0 Å². The third-order valence-corrected chi connectivity index (χ3v) is 8.69. The van der Waals surface area contributed by atoms with Crippen LogP contribution in [0.25, 0.3) is 44.1 Å². The van der Waals surface area contributed by atoms with Crippen LogP contribution in [0.2, 0.25) is 0 Å². The largest absolute Gasteiger partial charge is 0.390 e. The maximum atomic E-state index is 11.7. The number of fused-ring (bicyclic) bond motifs is 3. The number of aliphatic hydroxyl groups excluding tert-OH is 1. The number of nitrogens with zero attached hydrogens (tertiary/aromatic N) is 3. The molecule has 6 aromatic rings. The Morgan fingerprint density at radius 1 is 0.619 bits per heavy atom. The van der Waals surface area contributed by atoms with Gasteiger partial charge in [-0.25, -0.2) is 0 Å². The van der Waals surface area contributed by atoms with Crippen LogP contribution in [0.1, 0.15) is 5.56 Å². The van der Waals surface area contributed by atoms with Crippen LogP contribution in [-0.4, -0.2) is 53.4 Å². The molecular weight excluding hydrogens is 514 g/mol. The maximum absolute atomic E-state index is 11.7. The number of piperazine rings is 1. The van der Waals surface area contributed by atoms with Crippen LogP contribution in [0, 0.1) is 6.92 Å². The van der Waals surface area contributed by atoms with Gasteiger partial charge in [-0.1, -0.05) is 115 Å². The summed E-state index contributed by atoms with van der Waals surface area (Å²) in [7, 11) is 0. The molecule has 42 heavy (non-hydrogen) atoms. The highest BCUT2D eigenvalue weighted by Crippen LogP contribution is 2.43. The average Bonchev–Trinajstić information content (AvgIpc) is 3.37. The van der Waals surface area contributed by atoms with Gasteiger partial charge in [0, 0.05) is 54.7 Å². The first-order valence-electron chi connectivity index (χ1n) is 15.0. The average molecular weight is 552 g/mol. The highest BCUT2D eigenvalue weighted by Gasteiger charge is 2.25. The van der Waals surface area contributed by atoms with Crippen LogP contribution < -0.4 is 4.90 Å². The van der Waals surface area contributed by atoms with Gasteiger partial charge in [0.25, 0.3) is 0 Å². The van der Waals surface area contributed by atoms with Gasteiger partial charge in [0.2, 0.25) is 0 Å². The number of aromatic nitrogens is 1. The number of hydrogen-bond acceptors (Lipinski definition) is 3. The summed E-state index contributed by atoms with van der Waals surface area (Å²) < 4.78 is 2.39. The molecule has 1 aliphatic rings. The molecule has 1 N–H and O–H groups in total. The number of β-amino-alcohol motifs (C(OH)–C–C–N with tert-alkyl or cyclic N) is 1. The van der Waals surface area contributed by atoms with Crippen molar-refractivity contribution in [3.8, 4) is 22.4 Å². The molecule has 5 aromatic carbocycles. The Balaban J connectivity index is 1.25. The van der Waals surface area contributed by atoms with E-state index < -0.39 is 6.10 Å². The number of aliphatic hydroxyl groups is 1. The van der Waals surface area contributed by atoms with E-state index in [9.17, 15) is 5.11 Å². The summed E-state index contributed by atoms with van der Waals surface area (Å²) in [5, 5.41) is 15.3. The van der Waals surface area contributed by atoms with Crippen molar-refractivity contribution in [1.82, 2.24) is 9.47 Å². The Hall–Kier alpha value is -4.38. The van der Waals surface area contributed by atoms with E-state index in [1.807, 2.05) is 0 Å². The summed E-state index contributed by atoms with van der Waals surface area (Å²) >= 11 is 0. The molecule has 0 aliphatic carbocycles. The molecule has 0 spiro atoms. The Morgan fingerprint density at radius 2 is 1.26 bits per heavy atom. The van der Waals surface area contributed by atoms with Gasteiger partial charge in [-0.15, -0.1) is 0 Å². The van der Waals surface area contributed by atoms with Crippen molar-refractivity contribution in [3.63, 3.8) is 0 Å². The quantitative estimate of drug-likeness (QED) is 0.221. The predicted molar refractivity (Wildman–Crippen MR) is 176 cm³/mol.